The van der Waals surface area contributed by atoms with Crippen molar-refractivity contribution >= 4 is 17.9 Å². The lowest BCUT2D eigenvalue weighted by atomic mass is 10.0. The lowest BCUT2D eigenvalue weighted by Crippen LogP contribution is -1.94. The van der Waals surface area contributed by atoms with Gasteiger partial charge in [-0.1, -0.05) is 36.7 Å². The minimum absolute atomic E-state index is 0.108. The van der Waals surface area contributed by atoms with E-state index in [9.17, 15) is 4.79 Å². The maximum absolute atomic E-state index is 10.4. The average molecular weight is 169 g/mol. The van der Waals surface area contributed by atoms with E-state index in [0.29, 0.717) is 5.02 Å². The van der Waals surface area contributed by atoms with E-state index < -0.39 is 0 Å². The first-order chi connectivity index (χ1) is 5.25. The molecular formula is C9H9ClO. The largest absolute Gasteiger partial charge is 0.303 e. The van der Waals surface area contributed by atoms with Gasteiger partial charge < -0.3 is 4.79 Å². The van der Waals surface area contributed by atoms with Crippen molar-refractivity contribution in [2.24, 2.45) is 0 Å². The van der Waals surface area contributed by atoms with Crippen LogP contribution in [-0.4, -0.2) is 6.29 Å². The van der Waals surface area contributed by atoms with Crippen LogP contribution in [0.15, 0.2) is 24.3 Å². The number of aldehydes is 1. The highest BCUT2D eigenvalue weighted by molar-refractivity contribution is 6.31. The molecule has 0 heterocycles. The van der Waals surface area contributed by atoms with Crippen molar-refractivity contribution in [3.8, 4) is 0 Å². The fourth-order valence-corrected chi connectivity index (χ4v) is 1.23. The van der Waals surface area contributed by atoms with Crippen LogP contribution < -0.4 is 0 Å². The predicted molar refractivity (Wildman–Crippen MR) is 45.9 cm³/mol. The van der Waals surface area contributed by atoms with Gasteiger partial charge in [-0.3, -0.25) is 0 Å². The van der Waals surface area contributed by atoms with Gasteiger partial charge in [-0.05, 0) is 11.6 Å². The third-order valence-corrected chi connectivity index (χ3v) is 1.94. The van der Waals surface area contributed by atoms with Crippen LogP contribution in [0, 0.1) is 0 Å². The third kappa shape index (κ3) is 1.81. The zero-order chi connectivity index (χ0) is 8.27. The van der Waals surface area contributed by atoms with Gasteiger partial charge in [0.25, 0.3) is 0 Å². The topological polar surface area (TPSA) is 17.1 Å². The molecule has 0 aromatic heterocycles. The Morgan fingerprint density at radius 3 is 2.64 bits per heavy atom. The van der Waals surface area contributed by atoms with Crippen molar-refractivity contribution in [1.82, 2.24) is 0 Å². The number of hydrogen-bond acceptors (Lipinski definition) is 1. The zero-order valence-electron chi connectivity index (χ0n) is 6.25. The molecule has 0 unspecified atom stereocenters. The van der Waals surface area contributed by atoms with Crippen LogP contribution in [0.4, 0.5) is 0 Å². The second-order valence-electron chi connectivity index (χ2n) is 2.45. The van der Waals surface area contributed by atoms with Gasteiger partial charge in [0.2, 0.25) is 0 Å². The van der Waals surface area contributed by atoms with Crippen LogP contribution in [0.2, 0.25) is 5.02 Å². The van der Waals surface area contributed by atoms with Gasteiger partial charge in [0, 0.05) is 10.9 Å². The fourth-order valence-electron chi connectivity index (χ4n) is 0.918. The summed E-state index contributed by atoms with van der Waals surface area (Å²) in [7, 11) is 0. The highest BCUT2D eigenvalue weighted by atomic mass is 35.5. The standard InChI is InChI=1S/C9H9ClO/c1-7(6-11)8-4-2-3-5-9(8)10/h2-7H,1H3/t7-/m1/s1. The van der Waals surface area contributed by atoms with Crippen LogP contribution in [-0.2, 0) is 4.79 Å². The summed E-state index contributed by atoms with van der Waals surface area (Å²) in [5.74, 6) is -0.108. The molecule has 0 aliphatic rings. The summed E-state index contributed by atoms with van der Waals surface area (Å²) in [4.78, 5) is 10.4. The summed E-state index contributed by atoms with van der Waals surface area (Å²) in [6, 6.07) is 7.38. The molecule has 1 nitrogen and oxygen atoms in total. The lowest BCUT2D eigenvalue weighted by Gasteiger charge is -2.04. The molecule has 0 radical (unpaired) electrons. The molecule has 0 saturated carbocycles. The number of carbonyl (C=O) groups is 1. The number of carbonyl (C=O) groups excluding carboxylic acids is 1. The average Bonchev–Trinajstić information content (AvgIpc) is 2.04. The normalized spacial score (nSPS) is 12.5. The minimum atomic E-state index is -0.108. The lowest BCUT2D eigenvalue weighted by molar-refractivity contribution is -0.108. The Morgan fingerprint density at radius 1 is 1.45 bits per heavy atom. The molecule has 0 spiro atoms. The number of hydrogen-bond donors (Lipinski definition) is 0. The van der Waals surface area contributed by atoms with Gasteiger partial charge in [0.15, 0.2) is 0 Å². The zero-order valence-corrected chi connectivity index (χ0v) is 7.01. The summed E-state index contributed by atoms with van der Waals surface area (Å²) in [5, 5.41) is 0.659. The van der Waals surface area contributed by atoms with E-state index in [0.717, 1.165) is 11.8 Å². The summed E-state index contributed by atoms with van der Waals surface area (Å²) < 4.78 is 0. The van der Waals surface area contributed by atoms with E-state index in [-0.39, 0.29) is 5.92 Å². The first-order valence-electron chi connectivity index (χ1n) is 3.45. The van der Waals surface area contributed by atoms with Gasteiger partial charge in [-0.2, -0.15) is 0 Å². The minimum Gasteiger partial charge on any atom is -0.303 e. The van der Waals surface area contributed by atoms with Gasteiger partial charge in [0.1, 0.15) is 6.29 Å². The Balaban J connectivity index is 3.02. The van der Waals surface area contributed by atoms with E-state index >= 15 is 0 Å². The smallest absolute Gasteiger partial charge is 0.127 e. The molecule has 0 aliphatic heterocycles. The number of benzene rings is 1. The van der Waals surface area contributed by atoms with Crippen molar-refractivity contribution in [3.63, 3.8) is 0 Å². The predicted octanol–water partition coefficient (Wildman–Crippen LogP) is 2.64. The molecule has 0 saturated heterocycles. The molecule has 0 N–H and O–H groups in total. The van der Waals surface area contributed by atoms with Crippen molar-refractivity contribution in [2.45, 2.75) is 12.8 Å². The Bertz CT molecular complexity index is 257. The van der Waals surface area contributed by atoms with Crippen LogP contribution in [0.5, 0.6) is 0 Å². The summed E-state index contributed by atoms with van der Waals surface area (Å²) >= 11 is 5.84. The molecule has 2 heteroatoms. The van der Waals surface area contributed by atoms with Crippen LogP contribution in [0.1, 0.15) is 18.4 Å². The quantitative estimate of drug-likeness (QED) is 0.621. The van der Waals surface area contributed by atoms with Crippen molar-refractivity contribution in [1.29, 1.82) is 0 Å². The van der Waals surface area contributed by atoms with E-state index in [1.165, 1.54) is 0 Å². The molecular weight excluding hydrogens is 160 g/mol. The molecule has 0 amide bonds. The molecule has 1 aromatic carbocycles. The highest BCUT2D eigenvalue weighted by Crippen LogP contribution is 2.21. The first-order valence-corrected chi connectivity index (χ1v) is 3.83. The fraction of sp³-hybridized carbons (Fsp3) is 0.222. The van der Waals surface area contributed by atoms with Crippen LogP contribution >= 0.6 is 11.6 Å². The molecule has 58 valence electrons. The molecule has 0 bridgehead atoms. The van der Waals surface area contributed by atoms with Crippen LogP contribution in [0.25, 0.3) is 0 Å². The molecule has 0 aliphatic carbocycles. The first kappa shape index (κ1) is 8.28. The summed E-state index contributed by atoms with van der Waals surface area (Å²) in [6.07, 6.45) is 0.890. The number of halogens is 1. The Hall–Kier alpha value is -0.820. The maximum atomic E-state index is 10.4. The Labute approximate surface area is 71.0 Å². The Kier molecular flexibility index (Phi) is 2.66. The van der Waals surface area contributed by atoms with Gasteiger partial charge >= 0.3 is 0 Å². The molecule has 1 atom stereocenters. The van der Waals surface area contributed by atoms with E-state index in [1.54, 1.807) is 6.07 Å². The van der Waals surface area contributed by atoms with Gasteiger partial charge in [-0.15, -0.1) is 0 Å². The van der Waals surface area contributed by atoms with Crippen LogP contribution in [0.3, 0.4) is 0 Å². The maximum Gasteiger partial charge on any atom is 0.127 e. The summed E-state index contributed by atoms with van der Waals surface area (Å²) in [5.41, 5.74) is 0.893. The van der Waals surface area contributed by atoms with E-state index in [2.05, 4.69) is 0 Å². The summed E-state index contributed by atoms with van der Waals surface area (Å²) in [6.45, 7) is 1.83. The monoisotopic (exact) mass is 168 g/mol. The molecule has 0 fully saturated rings. The van der Waals surface area contributed by atoms with Gasteiger partial charge in [-0.25, -0.2) is 0 Å². The van der Waals surface area contributed by atoms with E-state index in [4.69, 9.17) is 11.6 Å². The van der Waals surface area contributed by atoms with E-state index in [1.807, 2.05) is 25.1 Å². The van der Waals surface area contributed by atoms with Crippen molar-refractivity contribution in [3.05, 3.63) is 34.9 Å². The van der Waals surface area contributed by atoms with Crippen molar-refractivity contribution < 1.29 is 4.79 Å². The second kappa shape index (κ2) is 3.54. The number of rotatable bonds is 2. The highest BCUT2D eigenvalue weighted by Gasteiger charge is 2.05. The molecule has 11 heavy (non-hydrogen) atoms. The third-order valence-electron chi connectivity index (χ3n) is 1.60. The second-order valence-corrected chi connectivity index (χ2v) is 2.85. The van der Waals surface area contributed by atoms with Gasteiger partial charge in [0.05, 0.1) is 0 Å². The van der Waals surface area contributed by atoms with Crippen molar-refractivity contribution in [2.75, 3.05) is 0 Å². The molecule has 1 aromatic rings. The SMILES string of the molecule is C[C@H](C=O)c1ccccc1Cl. The Morgan fingerprint density at radius 2 is 2.09 bits per heavy atom. The molecule has 1 rings (SSSR count).